The van der Waals surface area contributed by atoms with Gasteiger partial charge >= 0.3 is 0 Å². The summed E-state index contributed by atoms with van der Waals surface area (Å²) in [5.74, 6) is 1.88. The predicted molar refractivity (Wildman–Crippen MR) is 67.3 cm³/mol. The molecule has 2 atom stereocenters. The van der Waals surface area contributed by atoms with Crippen LogP contribution in [0, 0.1) is 5.92 Å². The van der Waals surface area contributed by atoms with Crippen LogP contribution in [0.1, 0.15) is 19.3 Å². The Bertz CT molecular complexity index is 412. The van der Waals surface area contributed by atoms with Gasteiger partial charge in [-0.05, 0) is 31.4 Å². The number of nitrogens with zero attached hydrogens (tertiary/aromatic N) is 3. The van der Waals surface area contributed by atoms with Crippen molar-refractivity contribution < 1.29 is 0 Å². The minimum Gasteiger partial charge on any atom is -0.353 e. The lowest BCUT2D eigenvalue weighted by Crippen LogP contribution is -2.32. The molecule has 3 nitrogen and oxygen atoms in total. The molecule has 0 amide bonds. The van der Waals surface area contributed by atoms with Gasteiger partial charge in [0.2, 0.25) is 0 Å². The van der Waals surface area contributed by atoms with Crippen molar-refractivity contribution in [3.05, 3.63) is 11.2 Å². The Morgan fingerprint density at radius 1 is 1.44 bits per heavy atom. The van der Waals surface area contributed by atoms with Crippen molar-refractivity contribution in [2.75, 3.05) is 17.7 Å². The van der Waals surface area contributed by atoms with Crippen molar-refractivity contribution in [2.24, 2.45) is 5.92 Å². The third-order valence-electron chi connectivity index (χ3n) is 3.55. The fourth-order valence-electron chi connectivity index (χ4n) is 2.83. The number of hydrogen-bond acceptors (Lipinski definition) is 4. The Hall–Kier alpha value is -0.480. The molecule has 2 unspecified atom stereocenters. The molecule has 1 aromatic heterocycles. The molecule has 1 saturated heterocycles. The maximum Gasteiger partial charge on any atom is 0.190 e. The van der Waals surface area contributed by atoms with Crippen molar-refractivity contribution in [3.8, 4) is 0 Å². The number of fused-ring (bicyclic) bond motifs is 2. The van der Waals surface area contributed by atoms with Gasteiger partial charge in [-0.2, -0.15) is 0 Å². The lowest BCUT2D eigenvalue weighted by atomic mass is 10.1. The molecule has 16 heavy (non-hydrogen) atoms. The van der Waals surface area contributed by atoms with Crippen molar-refractivity contribution >= 4 is 29.2 Å². The molecule has 0 spiro atoms. The highest BCUT2D eigenvalue weighted by Crippen LogP contribution is 2.40. The Morgan fingerprint density at radius 2 is 2.31 bits per heavy atom. The third kappa shape index (κ3) is 1.78. The molecule has 1 saturated carbocycles. The van der Waals surface area contributed by atoms with Crippen LogP contribution in [0.25, 0.3) is 0 Å². The van der Waals surface area contributed by atoms with Gasteiger partial charge in [-0.15, -0.1) is 0 Å². The summed E-state index contributed by atoms with van der Waals surface area (Å²) in [4.78, 5) is 11.1. The standard InChI is InChI=1S/C11H14ClN3S/c1-16-11-13-9(12)5-10(14-11)15-6-7-2-3-8(15)4-7/h5,7-8H,2-4,6H2,1H3. The van der Waals surface area contributed by atoms with Gasteiger partial charge in [0, 0.05) is 18.7 Å². The number of thioether (sulfide) groups is 1. The SMILES string of the molecule is CSc1nc(Cl)cc(N2CC3CCC2C3)n1. The Kier molecular flexibility index (Phi) is 2.72. The van der Waals surface area contributed by atoms with Crippen molar-refractivity contribution in [1.82, 2.24) is 9.97 Å². The maximum absolute atomic E-state index is 6.02. The summed E-state index contributed by atoms with van der Waals surface area (Å²) in [7, 11) is 0. The Balaban J connectivity index is 1.91. The van der Waals surface area contributed by atoms with E-state index in [1.807, 2.05) is 12.3 Å². The van der Waals surface area contributed by atoms with E-state index in [0.717, 1.165) is 23.4 Å². The molecule has 86 valence electrons. The molecular formula is C11H14ClN3S. The van der Waals surface area contributed by atoms with E-state index in [1.54, 1.807) is 11.8 Å². The number of aromatic nitrogens is 2. The molecule has 2 heterocycles. The minimum absolute atomic E-state index is 0.553. The fourth-order valence-corrected chi connectivity index (χ4v) is 3.43. The van der Waals surface area contributed by atoms with Crippen LogP contribution in [0.5, 0.6) is 0 Å². The summed E-state index contributed by atoms with van der Waals surface area (Å²) in [5, 5.41) is 1.32. The van der Waals surface area contributed by atoms with E-state index in [2.05, 4.69) is 14.9 Å². The molecule has 5 heteroatoms. The first-order valence-corrected chi connectivity index (χ1v) is 7.22. The van der Waals surface area contributed by atoms with E-state index >= 15 is 0 Å². The zero-order valence-electron chi connectivity index (χ0n) is 9.19. The molecular weight excluding hydrogens is 242 g/mol. The average molecular weight is 256 g/mol. The van der Waals surface area contributed by atoms with Crippen LogP contribution in [-0.2, 0) is 0 Å². The highest BCUT2D eigenvalue weighted by atomic mass is 35.5. The largest absolute Gasteiger partial charge is 0.353 e. The minimum atomic E-state index is 0.553. The summed E-state index contributed by atoms with van der Waals surface area (Å²) >= 11 is 7.56. The van der Waals surface area contributed by atoms with E-state index in [9.17, 15) is 0 Å². The van der Waals surface area contributed by atoms with Crippen molar-refractivity contribution in [2.45, 2.75) is 30.5 Å². The normalized spacial score (nSPS) is 27.8. The summed E-state index contributed by atoms with van der Waals surface area (Å²) in [5.41, 5.74) is 0. The number of anilines is 1. The van der Waals surface area contributed by atoms with Crippen LogP contribution in [0.2, 0.25) is 5.15 Å². The van der Waals surface area contributed by atoms with Gasteiger partial charge < -0.3 is 4.90 Å². The topological polar surface area (TPSA) is 29.0 Å². The number of rotatable bonds is 2. The van der Waals surface area contributed by atoms with E-state index in [0.29, 0.717) is 11.2 Å². The highest BCUT2D eigenvalue weighted by Gasteiger charge is 2.38. The zero-order chi connectivity index (χ0) is 11.1. The van der Waals surface area contributed by atoms with Crippen LogP contribution in [0.3, 0.4) is 0 Å². The monoisotopic (exact) mass is 255 g/mol. The number of halogens is 1. The predicted octanol–water partition coefficient (Wildman–Crippen LogP) is 2.84. The van der Waals surface area contributed by atoms with Crippen LogP contribution >= 0.6 is 23.4 Å². The molecule has 2 fully saturated rings. The van der Waals surface area contributed by atoms with Gasteiger partial charge in [0.15, 0.2) is 5.16 Å². The molecule has 0 aromatic carbocycles. The molecule has 1 aliphatic carbocycles. The summed E-state index contributed by atoms with van der Waals surface area (Å²) in [6.45, 7) is 1.14. The third-order valence-corrected chi connectivity index (χ3v) is 4.29. The van der Waals surface area contributed by atoms with Gasteiger partial charge in [-0.3, -0.25) is 0 Å². The first kappa shape index (κ1) is 10.7. The number of hydrogen-bond donors (Lipinski definition) is 0. The van der Waals surface area contributed by atoms with Crippen LogP contribution in [-0.4, -0.2) is 28.8 Å². The van der Waals surface area contributed by atoms with E-state index in [-0.39, 0.29) is 0 Å². The second-order valence-electron chi connectivity index (χ2n) is 4.52. The second kappa shape index (κ2) is 4.08. The summed E-state index contributed by atoms with van der Waals surface area (Å²) < 4.78 is 0. The fraction of sp³-hybridized carbons (Fsp3) is 0.636. The van der Waals surface area contributed by atoms with Gasteiger partial charge in [0.25, 0.3) is 0 Å². The smallest absolute Gasteiger partial charge is 0.190 e. The Morgan fingerprint density at radius 3 is 2.94 bits per heavy atom. The van der Waals surface area contributed by atoms with Crippen LogP contribution in [0.15, 0.2) is 11.2 Å². The molecule has 1 aromatic rings. The van der Waals surface area contributed by atoms with E-state index < -0.39 is 0 Å². The maximum atomic E-state index is 6.02. The first-order chi connectivity index (χ1) is 7.76. The Labute approximate surface area is 105 Å². The molecule has 2 aliphatic rings. The van der Waals surface area contributed by atoms with Gasteiger partial charge in [0.1, 0.15) is 11.0 Å². The summed E-state index contributed by atoms with van der Waals surface area (Å²) in [6.07, 6.45) is 6.00. The zero-order valence-corrected chi connectivity index (χ0v) is 10.8. The van der Waals surface area contributed by atoms with Gasteiger partial charge in [-0.1, -0.05) is 23.4 Å². The molecule has 3 rings (SSSR count). The van der Waals surface area contributed by atoms with Gasteiger partial charge in [0.05, 0.1) is 0 Å². The lowest BCUT2D eigenvalue weighted by Gasteiger charge is -2.28. The molecule has 2 bridgehead atoms. The lowest BCUT2D eigenvalue weighted by molar-refractivity contribution is 0.549. The highest BCUT2D eigenvalue weighted by molar-refractivity contribution is 7.98. The second-order valence-corrected chi connectivity index (χ2v) is 5.68. The number of piperidine rings is 1. The van der Waals surface area contributed by atoms with E-state index in [1.165, 1.54) is 19.3 Å². The molecule has 1 aliphatic heterocycles. The molecule has 0 N–H and O–H groups in total. The molecule has 0 radical (unpaired) electrons. The summed E-state index contributed by atoms with van der Waals surface area (Å²) in [6, 6.07) is 2.58. The van der Waals surface area contributed by atoms with E-state index in [4.69, 9.17) is 11.6 Å². The van der Waals surface area contributed by atoms with Crippen LogP contribution < -0.4 is 4.90 Å². The quantitative estimate of drug-likeness (QED) is 0.462. The van der Waals surface area contributed by atoms with Crippen molar-refractivity contribution in [3.63, 3.8) is 0 Å². The van der Waals surface area contributed by atoms with Crippen LogP contribution in [0.4, 0.5) is 5.82 Å². The van der Waals surface area contributed by atoms with Crippen molar-refractivity contribution in [1.29, 1.82) is 0 Å². The average Bonchev–Trinajstić information content (AvgIpc) is 2.89. The first-order valence-electron chi connectivity index (χ1n) is 5.61. The van der Waals surface area contributed by atoms with Gasteiger partial charge in [-0.25, -0.2) is 9.97 Å².